The standard InChI is InChI=1S/C17H23NO4/c1-17(2,3)22-16(19)18(20)14-10-7-9-12(14)13-8-5-6-11-15(13)21-4/h5-9,11-12,14,20H,10H2,1-4H3/t12-,14-/m0/s1. The molecule has 1 N–H and O–H groups in total. The first-order valence-corrected chi connectivity index (χ1v) is 7.34. The molecule has 22 heavy (non-hydrogen) atoms. The summed E-state index contributed by atoms with van der Waals surface area (Å²) in [5.41, 5.74) is 0.288. The van der Waals surface area contributed by atoms with E-state index in [1.165, 1.54) is 0 Å². The Bertz CT molecular complexity index is 562. The van der Waals surface area contributed by atoms with Crippen molar-refractivity contribution in [2.75, 3.05) is 7.11 Å². The van der Waals surface area contributed by atoms with E-state index >= 15 is 0 Å². The number of hydrogen-bond donors (Lipinski definition) is 1. The minimum Gasteiger partial charge on any atom is -0.496 e. The van der Waals surface area contributed by atoms with Crippen molar-refractivity contribution in [3.8, 4) is 5.75 Å². The van der Waals surface area contributed by atoms with Crippen molar-refractivity contribution in [2.45, 2.75) is 44.8 Å². The molecule has 5 heteroatoms. The van der Waals surface area contributed by atoms with Crippen molar-refractivity contribution in [1.29, 1.82) is 0 Å². The number of amides is 1. The van der Waals surface area contributed by atoms with E-state index in [0.717, 1.165) is 11.3 Å². The Morgan fingerprint density at radius 2 is 2.00 bits per heavy atom. The topological polar surface area (TPSA) is 59.0 Å². The Balaban J connectivity index is 2.19. The predicted octanol–water partition coefficient (Wildman–Crippen LogP) is 3.73. The van der Waals surface area contributed by atoms with E-state index in [2.05, 4.69) is 0 Å². The van der Waals surface area contributed by atoms with E-state index in [4.69, 9.17) is 9.47 Å². The Hall–Kier alpha value is -2.01. The van der Waals surface area contributed by atoms with E-state index in [9.17, 15) is 10.0 Å². The molecule has 0 unspecified atom stereocenters. The summed E-state index contributed by atoms with van der Waals surface area (Å²) >= 11 is 0. The van der Waals surface area contributed by atoms with Crippen LogP contribution in [-0.4, -0.2) is 35.1 Å². The molecule has 0 radical (unpaired) electrons. The van der Waals surface area contributed by atoms with Crippen LogP contribution in [0.3, 0.4) is 0 Å². The summed E-state index contributed by atoms with van der Waals surface area (Å²) in [6.07, 6.45) is 3.77. The second-order valence-corrected chi connectivity index (χ2v) is 6.32. The molecule has 0 saturated heterocycles. The number of nitrogens with zero attached hydrogens (tertiary/aromatic N) is 1. The number of methoxy groups -OCH3 is 1. The highest BCUT2D eigenvalue weighted by molar-refractivity contribution is 5.67. The summed E-state index contributed by atoms with van der Waals surface area (Å²) in [4.78, 5) is 12.1. The highest BCUT2D eigenvalue weighted by Crippen LogP contribution is 2.37. The van der Waals surface area contributed by atoms with Gasteiger partial charge in [-0.2, -0.15) is 5.06 Å². The van der Waals surface area contributed by atoms with Crippen LogP contribution in [0.1, 0.15) is 38.7 Å². The van der Waals surface area contributed by atoms with Crippen LogP contribution in [0.25, 0.3) is 0 Å². The first-order chi connectivity index (χ1) is 10.3. The number of carbonyl (C=O) groups is 1. The molecule has 5 nitrogen and oxygen atoms in total. The second kappa shape index (κ2) is 6.40. The van der Waals surface area contributed by atoms with Gasteiger partial charge in [-0.15, -0.1) is 0 Å². The normalized spacial score (nSPS) is 20.8. The van der Waals surface area contributed by atoms with Gasteiger partial charge in [0.15, 0.2) is 0 Å². The first kappa shape index (κ1) is 16.4. The maximum absolute atomic E-state index is 12.1. The lowest BCUT2D eigenvalue weighted by atomic mass is 9.93. The lowest BCUT2D eigenvalue weighted by Crippen LogP contribution is -2.42. The summed E-state index contributed by atoms with van der Waals surface area (Å²) in [7, 11) is 1.61. The molecule has 1 aromatic rings. The van der Waals surface area contributed by atoms with E-state index < -0.39 is 17.7 Å². The van der Waals surface area contributed by atoms with Gasteiger partial charge in [0, 0.05) is 11.5 Å². The largest absolute Gasteiger partial charge is 0.496 e. The molecule has 1 amide bonds. The van der Waals surface area contributed by atoms with Crippen LogP contribution in [0.15, 0.2) is 36.4 Å². The zero-order valence-electron chi connectivity index (χ0n) is 13.4. The zero-order chi connectivity index (χ0) is 16.3. The molecule has 0 saturated carbocycles. The lowest BCUT2D eigenvalue weighted by Gasteiger charge is -2.30. The molecule has 0 aromatic heterocycles. The van der Waals surface area contributed by atoms with Crippen molar-refractivity contribution in [3.05, 3.63) is 42.0 Å². The molecule has 2 atom stereocenters. The van der Waals surface area contributed by atoms with Crippen molar-refractivity contribution >= 4 is 6.09 Å². The molecule has 120 valence electrons. The van der Waals surface area contributed by atoms with Gasteiger partial charge in [-0.1, -0.05) is 30.4 Å². The fraction of sp³-hybridized carbons (Fsp3) is 0.471. The summed E-state index contributed by atoms with van der Waals surface area (Å²) in [5.74, 6) is 0.607. The smallest absolute Gasteiger partial charge is 0.434 e. The van der Waals surface area contributed by atoms with Gasteiger partial charge in [-0.05, 0) is 33.3 Å². The third kappa shape index (κ3) is 3.60. The number of rotatable bonds is 3. The highest BCUT2D eigenvalue weighted by Gasteiger charge is 2.35. The van der Waals surface area contributed by atoms with Crippen LogP contribution in [-0.2, 0) is 4.74 Å². The van der Waals surface area contributed by atoms with Crippen molar-refractivity contribution in [2.24, 2.45) is 0 Å². The van der Waals surface area contributed by atoms with E-state index in [-0.39, 0.29) is 5.92 Å². The minimum atomic E-state index is -0.735. The molecule has 1 aromatic carbocycles. The first-order valence-electron chi connectivity index (χ1n) is 7.34. The monoisotopic (exact) mass is 305 g/mol. The van der Waals surface area contributed by atoms with Crippen LogP contribution in [0.2, 0.25) is 0 Å². The number of benzene rings is 1. The lowest BCUT2D eigenvalue weighted by molar-refractivity contribution is -0.120. The molecule has 0 bridgehead atoms. The SMILES string of the molecule is COc1ccccc1[C@@H]1C=CC[C@@H]1N(O)C(=O)OC(C)(C)C. The average molecular weight is 305 g/mol. The third-order valence-corrected chi connectivity index (χ3v) is 3.53. The van der Waals surface area contributed by atoms with E-state index in [1.54, 1.807) is 27.9 Å². The van der Waals surface area contributed by atoms with Gasteiger partial charge < -0.3 is 9.47 Å². The fourth-order valence-electron chi connectivity index (χ4n) is 2.59. The Labute approximate surface area is 131 Å². The molecule has 2 rings (SSSR count). The van der Waals surface area contributed by atoms with Gasteiger partial charge in [-0.25, -0.2) is 4.79 Å². The molecule has 1 aliphatic rings. The second-order valence-electron chi connectivity index (χ2n) is 6.32. The Morgan fingerprint density at radius 3 is 2.64 bits per heavy atom. The maximum atomic E-state index is 12.1. The highest BCUT2D eigenvalue weighted by atomic mass is 16.6. The van der Waals surface area contributed by atoms with Gasteiger partial charge in [0.1, 0.15) is 11.4 Å². The Morgan fingerprint density at radius 1 is 1.32 bits per heavy atom. The van der Waals surface area contributed by atoms with Crippen molar-refractivity contribution < 1.29 is 19.5 Å². The number of para-hydroxylation sites is 1. The molecular formula is C17H23NO4. The van der Waals surface area contributed by atoms with E-state index in [1.807, 2.05) is 36.4 Å². The van der Waals surface area contributed by atoms with Gasteiger partial charge in [-0.3, -0.25) is 5.21 Å². The predicted molar refractivity (Wildman–Crippen MR) is 83.1 cm³/mol. The summed E-state index contributed by atoms with van der Waals surface area (Å²) in [6, 6.07) is 7.21. The molecule has 0 spiro atoms. The number of carbonyl (C=O) groups excluding carboxylic acids is 1. The molecule has 0 heterocycles. The number of hydrogen-bond acceptors (Lipinski definition) is 4. The summed E-state index contributed by atoms with van der Waals surface area (Å²) < 4.78 is 10.6. The van der Waals surface area contributed by atoms with Gasteiger partial charge >= 0.3 is 6.09 Å². The minimum absolute atomic E-state index is 0.131. The molecule has 0 aliphatic heterocycles. The summed E-state index contributed by atoms with van der Waals surface area (Å²) in [5, 5.41) is 11.0. The van der Waals surface area contributed by atoms with Crippen LogP contribution in [0, 0.1) is 0 Å². The molecule has 1 aliphatic carbocycles. The van der Waals surface area contributed by atoms with Crippen LogP contribution in [0.4, 0.5) is 4.79 Å². The van der Waals surface area contributed by atoms with Crippen LogP contribution in [0.5, 0.6) is 5.75 Å². The fourth-order valence-corrected chi connectivity index (χ4v) is 2.59. The third-order valence-electron chi connectivity index (χ3n) is 3.53. The van der Waals surface area contributed by atoms with Crippen molar-refractivity contribution in [1.82, 2.24) is 5.06 Å². The van der Waals surface area contributed by atoms with Crippen LogP contribution < -0.4 is 4.74 Å². The van der Waals surface area contributed by atoms with Crippen LogP contribution >= 0.6 is 0 Å². The molecular weight excluding hydrogens is 282 g/mol. The van der Waals surface area contributed by atoms with E-state index in [0.29, 0.717) is 11.5 Å². The average Bonchev–Trinajstić information content (AvgIpc) is 2.93. The van der Waals surface area contributed by atoms with Gasteiger partial charge in [0.25, 0.3) is 0 Å². The quantitative estimate of drug-likeness (QED) is 0.525. The van der Waals surface area contributed by atoms with Crippen molar-refractivity contribution in [3.63, 3.8) is 0 Å². The summed E-state index contributed by atoms with van der Waals surface area (Å²) in [6.45, 7) is 5.30. The number of hydroxylamine groups is 2. The maximum Gasteiger partial charge on any atom is 0.434 e. The van der Waals surface area contributed by atoms with Gasteiger partial charge in [0.2, 0.25) is 0 Å². The van der Waals surface area contributed by atoms with Gasteiger partial charge in [0.05, 0.1) is 13.2 Å². The Kier molecular flexibility index (Phi) is 4.76. The molecule has 0 fully saturated rings. The zero-order valence-corrected chi connectivity index (χ0v) is 13.4. The number of ether oxygens (including phenoxy) is 2.